The second kappa shape index (κ2) is 10.1. The standard InChI is InChI=1S/C20H28ClN5O4/c1-24(9-4-10-27)19(29)17-18(25(2)13-28)23-20(30-16-5-3-6-16)26(17)12-15-8-7-14(21)11-22-15/h7-8,11,13,16,20,23,27H,3-6,9-10,12H2,1-2H3. The molecule has 0 radical (unpaired) electrons. The lowest BCUT2D eigenvalue weighted by Crippen LogP contribution is -2.45. The quantitative estimate of drug-likeness (QED) is 0.529. The van der Waals surface area contributed by atoms with Gasteiger partial charge in [0.1, 0.15) is 11.5 Å². The van der Waals surface area contributed by atoms with Crippen molar-refractivity contribution in [2.24, 2.45) is 0 Å². The van der Waals surface area contributed by atoms with E-state index in [2.05, 4.69) is 10.3 Å². The number of rotatable bonds is 10. The highest BCUT2D eigenvalue weighted by Crippen LogP contribution is 2.31. The predicted octanol–water partition coefficient (Wildman–Crippen LogP) is 1.09. The summed E-state index contributed by atoms with van der Waals surface area (Å²) in [5, 5.41) is 12.8. The fourth-order valence-electron chi connectivity index (χ4n) is 3.29. The van der Waals surface area contributed by atoms with Gasteiger partial charge in [-0.3, -0.25) is 14.6 Å². The summed E-state index contributed by atoms with van der Waals surface area (Å²) in [5.41, 5.74) is 1.04. The fraction of sp³-hybridized carbons (Fsp3) is 0.550. The molecule has 1 aliphatic carbocycles. The van der Waals surface area contributed by atoms with E-state index < -0.39 is 6.35 Å². The Bertz CT molecular complexity index is 784. The van der Waals surface area contributed by atoms with Gasteiger partial charge in [-0.05, 0) is 37.8 Å². The van der Waals surface area contributed by atoms with E-state index in [0.29, 0.717) is 48.2 Å². The molecule has 0 aromatic carbocycles. The van der Waals surface area contributed by atoms with Gasteiger partial charge in [-0.2, -0.15) is 0 Å². The molecule has 1 unspecified atom stereocenters. The predicted molar refractivity (Wildman–Crippen MR) is 111 cm³/mol. The summed E-state index contributed by atoms with van der Waals surface area (Å²) in [7, 11) is 3.25. The van der Waals surface area contributed by atoms with E-state index in [1.54, 1.807) is 37.3 Å². The number of hydrogen-bond acceptors (Lipinski definition) is 7. The van der Waals surface area contributed by atoms with Crippen molar-refractivity contribution in [2.45, 2.75) is 44.7 Å². The number of halogens is 1. The van der Waals surface area contributed by atoms with Gasteiger partial charge in [0.05, 0.1) is 23.4 Å². The summed E-state index contributed by atoms with van der Waals surface area (Å²) in [5.74, 6) is 0.109. The molecule has 1 fully saturated rings. The van der Waals surface area contributed by atoms with Gasteiger partial charge in [-0.1, -0.05) is 11.6 Å². The molecule has 10 heteroatoms. The van der Waals surface area contributed by atoms with Crippen LogP contribution in [0.2, 0.25) is 5.02 Å². The average Bonchev–Trinajstić information content (AvgIpc) is 3.07. The molecule has 1 aromatic rings. The SMILES string of the molecule is CN(C=O)C1=C(C(=O)N(C)CCCO)N(Cc2ccc(Cl)cn2)C(OC2CCC2)N1. The van der Waals surface area contributed by atoms with Crippen molar-refractivity contribution in [2.75, 3.05) is 27.2 Å². The maximum Gasteiger partial charge on any atom is 0.273 e. The maximum atomic E-state index is 13.3. The highest BCUT2D eigenvalue weighted by molar-refractivity contribution is 6.30. The van der Waals surface area contributed by atoms with Crippen molar-refractivity contribution in [1.82, 2.24) is 25.0 Å². The van der Waals surface area contributed by atoms with Crippen LogP contribution in [0.5, 0.6) is 0 Å². The molecule has 2 amide bonds. The van der Waals surface area contributed by atoms with E-state index in [-0.39, 0.29) is 18.6 Å². The van der Waals surface area contributed by atoms with Gasteiger partial charge >= 0.3 is 0 Å². The van der Waals surface area contributed by atoms with Crippen molar-refractivity contribution in [3.05, 3.63) is 40.6 Å². The van der Waals surface area contributed by atoms with Crippen LogP contribution in [0.3, 0.4) is 0 Å². The molecule has 2 aliphatic rings. The zero-order valence-electron chi connectivity index (χ0n) is 17.3. The Balaban J connectivity index is 1.93. The van der Waals surface area contributed by atoms with Crippen molar-refractivity contribution >= 4 is 23.9 Å². The van der Waals surface area contributed by atoms with Crippen molar-refractivity contribution in [1.29, 1.82) is 0 Å². The van der Waals surface area contributed by atoms with Crippen LogP contribution in [0.25, 0.3) is 0 Å². The molecule has 30 heavy (non-hydrogen) atoms. The number of carbonyl (C=O) groups excluding carboxylic acids is 2. The van der Waals surface area contributed by atoms with Crippen LogP contribution >= 0.6 is 11.6 Å². The minimum Gasteiger partial charge on any atom is -0.396 e. The summed E-state index contributed by atoms with van der Waals surface area (Å²) < 4.78 is 6.19. The second-order valence-electron chi connectivity index (χ2n) is 7.50. The van der Waals surface area contributed by atoms with Gasteiger partial charge in [0.2, 0.25) is 12.8 Å². The molecule has 0 spiro atoms. The van der Waals surface area contributed by atoms with Crippen LogP contribution < -0.4 is 5.32 Å². The van der Waals surface area contributed by atoms with Gasteiger partial charge in [0.25, 0.3) is 5.91 Å². The van der Waals surface area contributed by atoms with Gasteiger partial charge in [-0.15, -0.1) is 0 Å². The van der Waals surface area contributed by atoms with Crippen LogP contribution in [0.1, 0.15) is 31.4 Å². The number of ether oxygens (including phenoxy) is 1. The van der Waals surface area contributed by atoms with Crippen LogP contribution in [0.4, 0.5) is 0 Å². The zero-order valence-corrected chi connectivity index (χ0v) is 18.0. The average molecular weight is 438 g/mol. The van der Waals surface area contributed by atoms with Gasteiger partial charge in [0, 0.05) is 33.4 Å². The summed E-state index contributed by atoms with van der Waals surface area (Å²) in [6.45, 7) is 0.673. The smallest absolute Gasteiger partial charge is 0.273 e. The molecule has 2 heterocycles. The third-order valence-corrected chi connectivity index (χ3v) is 5.48. The lowest BCUT2D eigenvalue weighted by Gasteiger charge is -2.34. The molecule has 0 bridgehead atoms. The summed E-state index contributed by atoms with van der Waals surface area (Å²) >= 11 is 5.96. The largest absolute Gasteiger partial charge is 0.396 e. The highest BCUT2D eigenvalue weighted by atomic mass is 35.5. The second-order valence-corrected chi connectivity index (χ2v) is 7.94. The first-order valence-corrected chi connectivity index (χ1v) is 10.4. The third kappa shape index (κ3) is 5.03. The molecular weight excluding hydrogens is 410 g/mol. The molecule has 3 rings (SSSR count). The number of likely N-dealkylation sites (N-methyl/N-ethyl adjacent to an activating group) is 1. The number of nitrogens with zero attached hydrogens (tertiary/aromatic N) is 4. The Kier molecular flexibility index (Phi) is 7.52. The molecule has 1 aromatic heterocycles. The first-order chi connectivity index (χ1) is 14.4. The minimum absolute atomic E-state index is 0.0121. The number of aliphatic hydroxyl groups excluding tert-OH is 1. The van der Waals surface area contributed by atoms with E-state index in [0.717, 1.165) is 19.3 Å². The number of aliphatic hydroxyl groups is 1. The van der Waals surface area contributed by atoms with Crippen LogP contribution in [0.15, 0.2) is 29.8 Å². The summed E-state index contributed by atoms with van der Waals surface area (Å²) in [6, 6.07) is 3.54. The van der Waals surface area contributed by atoms with Gasteiger partial charge in [-0.25, -0.2) is 0 Å². The van der Waals surface area contributed by atoms with Crippen molar-refractivity contribution < 1.29 is 19.4 Å². The van der Waals surface area contributed by atoms with E-state index >= 15 is 0 Å². The summed E-state index contributed by atoms with van der Waals surface area (Å²) in [4.78, 5) is 33.8. The number of aromatic nitrogens is 1. The van der Waals surface area contributed by atoms with Crippen molar-refractivity contribution in [3.8, 4) is 0 Å². The van der Waals surface area contributed by atoms with E-state index in [4.69, 9.17) is 21.4 Å². The zero-order chi connectivity index (χ0) is 21.7. The molecule has 1 aliphatic heterocycles. The van der Waals surface area contributed by atoms with E-state index in [9.17, 15) is 9.59 Å². The monoisotopic (exact) mass is 437 g/mol. The molecule has 1 saturated carbocycles. The molecule has 1 atom stereocenters. The molecule has 0 saturated heterocycles. The van der Waals surface area contributed by atoms with E-state index in [1.165, 1.54) is 9.80 Å². The topological polar surface area (TPSA) is 98.2 Å². The molecule has 9 nitrogen and oxygen atoms in total. The van der Waals surface area contributed by atoms with Crippen molar-refractivity contribution in [3.63, 3.8) is 0 Å². The Labute approximate surface area is 181 Å². The van der Waals surface area contributed by atoms with Gasteiger partial charge in [0.15, 0.2) is 0 Å². The maximum absolute atomic E-state index is 13.3. The number of carbonyl (C=O) groups is 2. The third-order valence-electron chi connectivity index (χ3n) is 5.26. The number of pyridine rings is 1. The normalized spacial score (nSPS) is 18.8. The first-order valence-electron chi connectivity index (χ1n) is 10.0. The van der Waals surface area contributed by atoms with Crippen LogP contribution in [-0.2, 0) is 20.9 Å². The minimum atomic E-state index is -0.602. The summed E-state index contributed by atoms with van der Waals surface area (Å²) in [6.07, 6.45) is 5.20. The number of amides is 2. The van der Waals surface area contributed by atoms with E-state index in [1.807, 2.05) is 0 Å². The fourth-order valence-corrected chi connectivity index (χ4v) is 3.40. The molecule has 164 valence electrons. The Morgan fingerprint density at radius 3 is 2.77 bits per heavy atom. The Hall–Kier alpha value is -2.36. The number of hydrogen-bond donors (Lipinski definition) is 2. The highest BCUT2D eigenvalue weighted by Gasteiger charge is 2.40. The molecular formula is C20H28ClN5O4. The molecule has 2 N–H and O–H groups in total. The lowest BCUT2D eigenvalue weighted by molar-refractivity contribution is -0.137. The Morgan fingerprint density at radius 1 is 1.43 bits per heavy atom. The van der Waals surface area contributed by atoms with Crippen LogP contribution in [0, 0.1) is 0 Å². The first kappa shape index (κ1) is 22.3. The van der Waals surface area contributed by atoms with Gasteiger partial charge < -0.3 is 29.9 Å². The van der Waals surface area contributed by atoms with Crippen LogP contribution in [-0.4, -0.2) is 76.8 Å². The lowest BCUT2D eigenvalue weighted by atomic mass is 9.96. The Morgan fingerprint density at radius 2 is 2.20 bits per heavy atom. The number of nitrogens with one attached hydrogen (secondary N) is 1.